The molecule has 0 aromatic carbocycles. The van der Waals surface area contributed by atoms with E-state index in [0.717, 1.165) is 12.4 Å². The van der Waals surface area contributed by atoms with Crippen LogP contribution in [0.15, 0.2) is 17.2 Å². The van der Waals surface area contributed by atoms with Crippen molar-refractivity contribution in [1.82, 2.24) is 9.55 Å². The van der Waals surface area contributed by atoms with E-state index < -0.39 is 65.7 Å². The molecule has 0 aliphatic carbocycles. The molecule has 30 heavy (non-hydrogen) atoms. The van der Waals surface area contributed by atoms with Crippen LogP contribution in [0.3, 0.4) is 0 Å². The summed E-state index contributed by atoms with van der Waals surface area (Å²) in [5.74, 6) is -1.15. The number of hydrogen-bond donors (Lipinski definition) is 5. The van der Waals surface area contributed by atoms with Crippen LogP contribution < -0.4 is 11.3 Å². The molecule has 1 aromatic rings. The fraction of sp³-hybridized carbons (Fsp3) is 0.500. The zero-order chi connectivity index (χ0) is 22.9. The summed E-state index contributed by atoms with van der Waals surface area (Å²) in [6.45, 7) is 0. The minimum Gasteiger partial charge on any atom is -0.388 e. The van der Waals surface area contributed by atoms with E-state index in [1.807, 2.05) is 0 Å². The Kier molecular flexibility index (Phi) is 7.52. The number of phosphoric ester groups is 2. The third kappa shape index (κ3) is 6.34. The molecule has 1 aliphatic heterocycles. The molecule has 20 heteroatoms. The van der Waals surface area contributed by atoms with E-state index in [9.17, 15) is 38.2 Å². The van der Waals surface area contributed by atoms with Gasteiger partial charge in [-0.05, 0) is 0 Å². The van der Waals surface area contributed by atoms with Gasteiger partial charge in [0.2, 0.25) is 0 Å². The van der Waals surface area contributed by atoms with E-state index in [1.165, 1.54) is 0 Å². The number of rotatable bonds is 9. The molecule has 6 N–H and O–H groups in total. The summed E-state index contributed by atoms with van der Waals surface area (Å²) in [5.41, 5.74) is 3.30. The summed E-state index contributed by atoms with van der Waals surface area (Å²) >= 11 is 0. The highest BCUT2D eigenvalue weighted by molar-refractivity contribution is 7.66. The molecule has 6 atom stereocenters. The number of amides is 1. The average molecular weight is 495 g/mol. The lowest BCUT2D eigenvalue weighted by Gasteiger charge is -2.20. The number of carbonyl (C=O) groups excluding carboxylic acids is 1. The third-order valence-corrected chi connectivity index (χ3v) is 7.59. The minimum atomic E-state index is -5.63. The molecule has 3 unspecified atom stereocenters. The summed E-state index contributed by atoms with van der Waals surface area (Å²) in [6, 6.07) is 0. The largest absolute Gasteiger partial charge is 0.490 e. The summed E-state index contributed by atoms with van der Waals surface area (Å²) in [6.07, 6.45) is -3.30. The maximum absolute atomic E-state index is 12.2. The van der Waals surface area contributed by atoms with Crippen molar-refractivity contribution in [3.05, 3.63) is 28.4 Å². The number of hydrogen-bond acceptors (Lipinski definition) is 12. The highest BCUT2D eigenvalue weighted by Gasteiger charge is 2.46. The standard InChI is InChI=1S/C10H16N3O14P3/c1-23-28(17,18)26-30(21,22)27-29(19,20)25-6-4-5(14)10(24-6)13-3-2-12-7(8(11)15)9(13)16/h2-3,5-6,10,14H,4H2,1H3,(H2,11,15)(H,17,18)(H,19,20)(H,21,22)/t5-,6+,10-/m1/s1. The maximum atomic E-state index is 12.2. The minimum absolute atomic E-state index is 0.535. The lowest BCUT2D eigenvalue weighted by molar-refractivity contribution is -0.116. The van der Waals surface area contributed by atoms with Crippen LogP contribution in [0.25, 0.3) is 0 Å². The smallest absolute Gasteiger partial charge is 0.388 e. The number of carbonyl (C=O) groups is 1. The predicted octanol–water partition coefficient (Wildman–Crippen LogP) is -1.05. The van der Waals surface area contributed by atoms with Gasteiger partial charge in [-0.15, -0.1) is 0 Å². The second kappa shape index (κ2) is 9.04. The number of aliphatic hydroxyl groups excluding tert-OH is 1. The number of aromatic nitrogens is 2. The second-order valence-electron chi connectivity index (χ2n) is 5.47. The van der Waals surface area contributed by atoms with Gasteiger partial charge in [0.15, 0.2) is 18.2 Å². The summed E-state index contributed by atoms with van der Waals surface area (Å²) in [7, 11) is -15.5. The highest BCUT2D eigenvalue weighted by Crippen LogP contribution is 2.68. The van der Waals surface area contributed by atoms with Gasteiger partial charge in [-0.2, -0.15) is 8.62 Å². The Bertz CT molecular complexity index is 1010. The lowest BCUT2D eigenvalue weighted by Crippen LogP contribution is -2.35. The molecule has 1 aromatic heterocycles. The summed E-state index contributed by atoms with van der Waals surface area (Å²) < 4.78 is 56.3. The normalized spacial score (nSPS) is 27.7. The van der Waals surface area contributed by atoms with Crippen molar-refractivity contribution in [2.75, 3.05) is 7.11 Å². The van der Waals surface area contributed by atoms with Gasteiger partial charge in [0, 0.05) is 25.9 Å². The fourth-order valence-electron chi connectivity index (χ4n) is 2.21. The SMILES string of the molecule is COP(=O)(O)OP(=O)(O)OP(=O)(O)O[C@H]1C[C@@H](O)[C@H](n2ccnc(C(N)=O)c2=O)O1. The summed E-state index contributed by atoms with van der Waals surface area (Å²) in [4.78, 5) is 54.7. The predicted molar refractivity (Wildman–Crippen MR) is 91.3 cm³/mol. The van der Waals surface area contributed by atoms with Gasteiger partial charge in [0.1, 0.15) is 6.10 Å². The van der Waals surface area contributed by atoms with Crippen LogP contribution in [-0.4, -0.2) is 54.7 Å². The van der Waals surface area contributed by atoms with Gasteiger partial charge >= 0.3 is 23.5 Å². The van der Waals surface area contributed by atoms with Crippen molar-refractivity contribution in [3.63, 3.8) is 0 Å². The topological polar surface area (TPSA) is 256 Å². The van der Waals surface area contributed by atoms with Gasteiger partial charge < -0.3 is 30.3 Å². The molecule has 1 amide bonds. The van der Waals surface area contributed by atoms with E-state index in [0.29, 0.717) is 11.7 Å². The Hall–Kier alpha value is -1.32. The van der Waals surface area contributed by atoms with Crippen LogP contribution in [0.4, 0.5) is 0 Å². The summed E-state index contributed by atoms with van der Waals surface area (Å²) in [5, 5.41) is 10.1. The third-order valence-electron chi connectivity index (χ3n) is 3.32. The van der Waals surface area contributed by atoms with Gasteiger partial charge in [-0.3, -0.25) is 23.2 Å². The number of ether oxygens (including phenoxy) is 1. The quantitative estimate of drug-likeness (QED) is 0.256. The van der Waals surface area contributed by atoms with Crippen LogP contribution >= 0.6 is 23.5 Å². The van der Waals surface area contributed by atoms with E-state index in [2.05, 4.69) is 22.7 Å². The van der Waals surface area contributed by atoms with Crippen molar-refractivity contribution in [1.29, 1.82) is 0 Å². The monoisotopic (exact) mass is 495 g/mol. The van der Waals surface area contributed by atoms with Gasteiger partial charge in [0.05, 0.1) is 0 Å². The highest BCUT2D eigenvalue weighted by atomic mass is 31.3. The van der Waals surface area contributed by atoms with E-state index in [4.69, 9.17) is 15.4 Å². The molecule has 170 valence electrons. The Morgan fingerprint density at radius 1 is 1.23 bits per heavy atom. The van der Waals surface area contributed by atoms with E-state index in [-0.39, 0.29) is 0 Å². The Morgan fingerprint density at radius 3 is 2.40 bits per heavy atom. The van der Waals surface area contributed by atoms with Crippen LogP contribution in [0.2, 0.25) is 0 Å². The average Bonchev–Trinajstić information content (AvgIpc) is 2.91. The number of nitrogens with two attached hydrogens (primary N) is 1. The molecule has 0 bridgehead atoms. The number of aliphatic hydroxyl groups is 1. The first kappa shape index (κ1) is 24.9. The van der Waals surface area contributed by atoms with Crippen LogP contribution in [-0.2, 0) is 36.1 Å². The first-order chi connectivity index (χ1) is 13.7. The number of primary amides is 1. The van der Waals surface area contributed by atoms with Crippen molar-refractivity contribution in [2.24, 2.45) is 5.73 Å². The molecule has 0 spiro atoms. The number of phosphoric acid groups is 3. The Labute approximate surface area is 166 Å². The lowest BCUT2D eigenvalue weighted by atomic mass is 10.2. The molecular formula is C10H16N3O14P3. The Balaban J connectivity index is 2.13. The van der Waals surface area contributed by atoms with Gasteiger partial charge in [-0.25, -0.2) is 18.7 Å². The zero-order valence-corrected chi connectivity index (χ0v) is 17.5. The fourth-order valence-corrected chi connectivity index (χ4v) is 5.53. The van der Waals surface area contributed by atoms with E-state index in [1.54, 1.807) is 0 Å². The van der Waals surface area contributed by atoms with Crippen molar-refractivity contribution < 1.29 is 60.7 Å². The van der Waals surface area contributed by atoms with Gasteiger partial charge in [0.25, 0.3) is 11.5 Å². The Morgan fingerprint density at radius 2 is 1.83 bits per heavy atom. The van der Waals surface area contributed by atoms with Crippen LogP contribution in [0.1, 0.15) is 23.1 Å². The first-order valence-corrected chi connectivity index (χ1v) is 12.0. The van der Waals surface area contributed by atoms with Crippen LogP contribution in [0.5, 0.6) is 0 Å². The molecule has 2 rings (SSSR count). The number of nitrogens with zero attached hydrogens (tertiary/aromatic N) is 2. The molecule has 1 saturated heterocycles. The zero-order valence-electron chi connectivity index (χ0n) is 14.8. The van der Waals surface area contributed by atoms with Crippen molar-refractivity contribution >= 4 is 29.4 Å². The molecule has 0 radical (unpaired) electrons. The molecule has 1 fully saturated rings. The van der Waals surface area contributed by atoms with Crippen molar-refractivity contribution in [2.45, 2.75) is 25.0 Å². The van der Waals surface area contributed by atoms with Crippen LogP contribution in [0, 0.1) is 0 Å². The molecule has 1 aliphatic rings. The van der Waals surface area contributed by atoms with Gasteiger partial charge in [-0.1, -0.05) is 0 Å². The molecule has 2 heterocycles. The van der Waals surface area contributed by atoms with E-state index >= 15 is 0 Å². The van der Waals surface area contributed by atoms with Crippen molar-refractivity contribution in [3.8, 4) is 0 Å². The maximum Gasteiger partial charge on any atom is 0.490 e. The molecular weight excluding hydrogens is 479 g/mol. The molecule has 17 nitrogen and oxygen atoms in total. The second-order valence-corrected chi connectivity index (χ2v) is 10.2. The first-order valence-electron chi connectivity index (χ1n) is 7.52. The molecule has 0 saturated carbocycles.